The van der Waals surface area contributed by atoms with E-state index in [-0.39, 0.29) is 18.1 Å². The molecule has 1 fully saturated rings. The lowest BCUT2D eigenvalue weighted by Crippen LogP contribution is -2.47. The van der Waals surface area contributed by atoms with Crippen LogP contribution in [0.25, 0.3) is 0 Å². The van der Waals surface area contributed by atoms with Crippen LogP contribution in [-0.2, 0) is 6.54 Å². The first kappa shape index (κ1) is 17.1. The molecule has 0 bridgehead atoms. The van der Waals surface area contributed by atoms with E-state index >= 15 is 0 Å². The van der Waals surface area contributed by atoms with Crippen LogP contribution in [0.4, 0.5) is 9.59 Å². The lowest BCUT2D eigenvalue weighted by Gasteiger charge is -2.32. The topological polar surface area (TPSA) is 47.1 Å². The van der Waals surface area contributed by atoms with Crippen molar-refractivity contribution in [1.29, 1.82) is 0 Å². The molecule has 0 N–H and O–H groups in total. The minimum Gasteiger partial charge on any atom is -0.331 e. The Labute approximate surface area is 138 Å². The third kappa shape index (κ3) is 4.15. The monoisotopic (exact) mass is 318 g/mol. The maximum Gasteiger partial charge on any atom is 0.320 e. The second-order valence-electron chi connectivity index (χ2n) is 6.36. The summed E-state index contributed by atoms with van der Waals surface area (Å²) in [5.74, 6) is 0. The first-order chi connectivity index (χ1) is 10.9. The highest BCUT2D eigenvalue weighted by molar-refractivity contribution is 5.76. The van der Waals surface area contributed by atoms with Gasteiger partial charge < -0.3 is 19.6 Å². The normalized spacial score (nSPS) is 17.0. The lowest BCUT2D eigenvalue weighted by atomic mass is 10.1. The average Bonchev–Trinajstić information content (AvgIpc) is 3.01. The van der Waals surface area contributed by atoms with Crippen molar-refractivity contribution in [2.45, 2.75) is 19.0 Å². The van der Waals surface area contributed by atoms with Gasteiger partial charge in [-0.05, 0) is 12.0 Å². The molecule has 0 aliphatic carbocycles. The SMILES string of the molecule is CN(C)C(=O)N1CC[C@@H](N(Cc2ccccc2)C(=O)N(C)C)C1. The molecule has 0 radical (unpaired) electrons. The molecule has 1 aromatic carbocycles. The zero-order valence-corrected chi connectivity index (χ0v) is 14.4. The third-order valence-electron chi connectivity index (χ3n) is 4.08. The molecule has 23 heavy (non-hydrogen) atoms. The molecule has 2 rings (SSSR count). The quantitative estimate of drug-likeness (QED) is 0.855. The van der Waals surface area contributed by atoms with Gasteiger partial charge in [0.1, 0.15) is 0 Å². The predicted molar refractivity (Wildman–Crippen MR) is 90.1 cm³/mol. The summed E-state index contributed by atoms with van der Waals surface area (Å²) in [4.78, 5) is 31.6. The van der Waals surface area contributed by atoms with E-state index in [9.17, 15) is 9.59 Å². The molecular formula is C17H26N4O2. The Bertz CT molecular complexity index is 545. The van der Waals surface area contributed by atoms with Crippen LogP contribution in [0.2, 0.25) is 0 Å². The molecule has 0 saturated carbocycles. The summed E-state index contributed by atoms with van der Waals surface area (Å²) < 4.78 is 0. The van der Waals surface area contributed by atoms with E-state index in [1.54, 1.807) is 38.0 Å². The highest BCUT2D eigenvalue weighted by Gasteiger charge is 2.34. The van der Waals surface area contributed by atoms with Gasteiger partial charge >= 0.3 is 12.1 Å². The highest BCUT2D eigenvalue weighted by Crippen LogP contribution is 2.20. The zero-order valence-electron chi connectivity index (χ0n) is 14.4. The number of likely N-dealkylation sites (tertiary alicyclic amines) is 1. The van der Waals surface area contributed by atoms with Gasteiger partial charge in [0.05, 0.1) is 6.04 Å². The number of hydrogen-bond acceptors (Lipinski definition) is 2. The van der Waals surface area contributed by atoms with Gasteiger partial charge in [-0.15, -0.1) is 0 Å². The number of rotatable bonds is 3. The maximum atomic E-state index is 12.6. The number of nitrogens with zero attached hydrogens (tertiary/aromatic N) is 4. The van der Waals surface area contributed by atoms with Gasteiger partial charge in [-0.2, -0.15) is 0 Å². The van der Waals surface area contributed by atoms with Crippen LogP contribution < -0.4 is 0 Å². The van der Waals surface area contributed by atoms with Gasteiger partial charge in [0.25, 0.3) is 0 Å². The molecule has 1 heterocycles. The Morgan fingerprint density at radius 1 is 1.09 bits per heavy atom. The molecule has 6 heteroatoms. The van der Waals surface area contributed by atoms with Crippen LogP contribution in [0.3, 0.4) is 0 Å². The first-order valence-corrected chi connectivity index (χ1v) is 7.88. The molecular weight excluding hydrogens is 292 g/mol. The Kier molecular flexibility index (Phi) is 5.47. The maximum absolute atomic E-state index is 12.6. The van der Waals surface area contributed by atoms with Crippen molar-refractivity contribution < 1.29 is 9.59 Å². The summed E-state index contributed by atoms with van der Waals surface area (Å²) in [6.45, 7) is 1.84. The fraction of sp³-hybridized carbons (Fsp3) is 0.529. The summed E-state index contributed by atoms with van der Waals surface area (Å²) in [6.07, 6.45) is 0.812. The second kappa shape index (κ2) is 7.35. The minimum absolute atomic E-state index is 0.00413. The smallest absolute Gasteiger partial charge is 0.320 e. The molecule has 0 unspecified atom stereocenters. The third-order valence-corrected chi connectivity index (χ3v) is 4.08. The van der Waals surface area contributed by atoms with Gasteiger partial charge in [0.2, 0.25) is 0 Å². The van der Waals surface area contributed by atoms with Crippen molar-refractivity contribution in [1.82, 2.24) is 19.6 Å². The fourth-order valence-corrected chi connectivity index (χ4v) is 2.84. The van der Waals surface area contributed by atoms with Gasteiger partial charge in [0.15, 0.2) is 0 Å². The molecule has 1 atom stereocenters. The minimum atomic E-state index is -0.0157. The van der Waals surface area contributed by atoms with Gasteiger partial charge in [-0.3, -0.25) is 0 Å². The molecule has 0 spiro atoms. The van der Waals surface area contributed by atoms with Gasteiger partial charge in [-0.25, -0.2) is 9.59 Å². The Morgan fingerprint density at radius 2 is 1.74 bits per heavy atom. The molecule has 0 aromatic heterocycles. The summed E-state index contributed by atoms with van der Waals surface area (Å²) in [7, 11) is 7.03. The summed E-state index contributed by atoms with van der Waals surface area (Å²) in [5, 5.41) is 0. The Hall–Kier alpha value is -2.24. The number of amides is 4. The Balaban J connectivity index is 2.12. The van der Waals surface area contributed by atoms with Crippen LogP contribution >= 0.6 is 0 Å². The van der Waals surface area contributed by atoms with E-state index in [1.165, 1.54) is 0 Å². The molecule has 1 saturated heterocycles. The number of carbonyl (C=O) groups excluding carboxylic acids is 2. The van der Waals surface area contributed by atoms with Crippen LogP contribution in [0.15, 0.2) is 30.3 Å². The largest absolute Gasteiger partial charge is 0.331 e. The van der Waals surface area contributed by atoms with Crippen molar-refractivity contribution in [3.8, 4) is 0 Å². The van der Waals surface area contributed by atoms with Crippen molar-refractivity contribution in [2.24, 2.45) is 0 Å². The van der Waals surface area contributed by atoms with Gasteiger partial charge in [0, 0.05) is 47.8 Å². The molecule has 6 nitrogen and oxygen atoms in total. The second-order valence-corrected chi connectivity index (χ2v) is 6.36. The predicted octanol–water partition coefficient (Wildman–Crippen LogP) is 1.93. The summed E-state index contributed by atoms with van der Waals surface area (Å²) >= 11 is 0. The number of hydrogen-bond donors (Lipinski definition) is 0. The first-order valence-electron chi connectivity index (χ1n) is 7.88. The van der Waals surface area contributed by atoms with Crippen molar-refractivity contribution in [3.63, 3.8) is 0 Å². The molecule has 1 aromatic rings. The van der Waals surface area contributed by atoms with E-state index in [1.807, 2.05) is 40.1 Å². The summed E-state index contributed by atoms with van der Waals surface area (Å²) in [6, 6.07) is 10.0. The van der Waals surface area contributed by atoms with Crippen LogP contribution in [0.5, 0.6) is 0 Å². The van der Waals surface area contributed by atoms with E-state index in [0.29, 0.717) is 19.6 Å². The molecule has 1 aliphatic rings. The average molecular weight is 318 g/mol. The highest BCUT2D eigenvalue weighted by atomic mass is 16.2. The van der Waals surface area contributed by atoms with Crippen molar-refractivity contribution in [2.75, 3.05) is 41.3 Å². The van der Waals surface area contributed by atoms with Crippen LogP contribution in [0.1, 0.15) is 12.0 Å². The van der Waals surface area contributed by atoms with E-state index in [0.717, 1.165) is 12.0 Å². The molecule has 126 valence electrons. The Morgan fingerprint density at radius 3 is 2.30 bits per heavy atom. The van der Waals surface area contributed by atoms with E-state index in [2.05, 4.69) is 0 Å². The number of benzene rings is 1. The van der Waals surface area contributed by atoms with E-state index < -0.39 is 0 Å². The number of urea groups is 2. The summed E-state index contributed by atoms with van der Waals surface area (Å²) in [5.41, 5.74) is 1.10. The molecule has 4 amide bonds. The zero-order chi connectivity index (χ0) is 17.0. The van der Waals surface area contributed by atoms with Crippen molar-refractivity contribution in [3.05, 3.63) is 35.9 Å². The van der Waals surface area contributed by atoms with Crippen molar-refractivity contribution >= 4 is 12.1 Å². The van der Waals surface area contributed by atoms with Gasteiger partial charge in [-0.1, -0.05) is 30.3 Å². The standard InChI is InChI=1S/C17H26N4O2/c1-18(2)16(22)20-11-10-15(13-20)21(17(23)19(3)4)12-14-8-6-5-7-9-14/h5-9,15H,10-13H2,1-4H3/t15-/m1/s1. The van der Waals surface area contributed by atoms with Crippen LogP contribution in [-0.4, -0.2) is 79.0 Å². The number of carbonyl (C=O) groups is 2. The molecule has 1 aliphatic heterocycles. The van der Waals surface area contributed by atoms with Crippen LogP contribution in [0, 0.1) is 0 Å². The van der Waals surface area contributed by atoms with E-state index in [4.69, 9.17) is 0 Å². The fourth-order valence-electron chi connectivity index (χ4n) is 2.84. The lowest BCUT2D eigenvalue weighted by molar-refractivity contribution is 0.142.